The summed E-state index contributed by atoms with van der Waals surface area (Å²) < 4.78 is 85.7. The first kappa shape index (κ1) is 38.8. The Kier molecular flexibility index (Phi) is 12.2. The lowest BCUT2D eigenvalue weighted by molar-refractivity contribution is -0.193. The Labute approximate surface area is 278 Å². The number of benzene rings is 2. The minimum Gasteiger partial charge on any atom is -0.492 e. The second kappa shape index (κ2) is 15.7. The zero-order chi connectivity index (χ0) is 37.6. The second-order valence-corrected chi connectivity index (χ2v) is 10.8. The molecule has 3 heterocycles. The summed E-state index contributed by atoms with van der Waals surface area (Å²) in [5.41, 5.74) is 9.89. The highest BCUT2D eigenvalue weighted by Crippen LogP contribution is 2.35. The summed E-state index contributed by atoms with van der Waals surface area (Å²) in [6.07, 6.45) is -8.27. The van der Waals surface area contributed by atoms with Crippen LogP contribution in [0.4, 0.5) is 48.2 Å². The number of carboxylic acids is 2. The molecule has 6 N–H and O–H groups in total. The van der Waals surface area contributed by atoms with Crippen LogP contribution in [-0.2, 0) is 9.59 Å². The number of aromatic amines is 1. The third-order valence-electron chi connectivity index (χ3n) is 6.37. The summed E-state index contributed by atoms with van der Waals surface area (Å²) in [5, 5.41) is 23.8. The number of carbonyl (C=O) groups is 2. The minimum absolute atomic E-state index is 0.0229. The Morgan fingerprint density at radius 3 is 2.16 bits per heavy atom. The molecule has 0 unspecified atom stereocenters. The molecule has 20 heteroatoms. The summed E-state index contributed by atoms with van der Waals surface area (Å²) in [6.45, 7) is 5.24. The highest BCUT2D eigenvalue weighted by atomic mass is 19.4. The van der Waals surface area contributed by atoms with Gasteiger partial charge in [-0.3, -0.25) is 0 Å². The molecule has 2 aromatic carbocycles. The van der Waals surface area contributed by atoms with E-state index in [4.69, 9.17) is 35.4 Å². The van der Waals surface area contributed by atoms with E-state index < -0.39 is 30.1 Å². The van der Waals surface area contributed by atoms with Crippen molar-refractivity contribution in [3.63, 3.8) is 0 Å². The van der Waals surface area contributed by atoms with Crippen molar-refractivity contribution in [2.45, 2.75) is 32.2 Å². The van der Waals surface area contributed by atoms with Crippen molar-refractivity contribution in [2.24, 2.45) is 0 Å². The van der Waals surface area contributed by atoms with E-state index in [0.717, 1.165) is 23.0 Å². The van der Waals surface area contributed by atoms with E-state index in [2.05, 4.69) is 26.3 Å². The first-order valence-corrected chi connectivity index (χ1v) is 14.3. The Hall–Kier alpha value is -5.66. The van der Waals surface area contributed by atoms with Gasteiger partial charge in [0, 0.05) is 41.3 Å². The fourth-order valence-electron chi connectivity index (χ4n) is 4.04. The van der Waals surface area contributed by atoms with Crippen molar-refractivity contribution >= 4 is 51.3 Å². The summed E-state index contributed by atoms with van der Waals surface area (Å²) in [6, 6.07) is 12.7. The Morgan fingerprint density at radius 1 is 1.00 bits per heavy atom. The first-order chi connectivity index (χ1) is 23.2. The Bertz CT molecular complexity index is 1930. The average molecular weight is 717 g/mol. The number of aromatic nitrogens is 5. The lowest BCUT2D eigenvalue weighted by Crippen LogP contribution is -2.21. The fraction of sp³-hybridized carbons (Fsp3) is 0.300. The Morgan fingerprint density at radius 2 is 1.62 bits per heavy atom. The molecular formula is C30H31F7N8O5. The molecule has 0 saturated carbocycles. The van der Waals surface area contributed by atoms with E-state index in [1.54, 1.807) is 12.1 Å². The van der Waals surface area contributed by atoms with Gasteiger partial charge >= 0.3 is 24.3 Å². The number of aliphatic carboxylic acids is 2. The van der Waals surface area contributed by atoms with Gasteiger partial charge in [-0.05, 0) is 58.3 Å². The van der Waals surface area contributed by atoms with Crippen LogP contribution in [0.2, 0.25) is 0 Å². The molecule has 270 valence electrons. The van der Waals surface area contributed by atoms with Crippen molar-refractivity contribution < 1.29 is 55.3 Å². The summed E-state index contributed by atoms with van der Waals surface area (Å²) >= 11 is 0. The monoisotopic (exact) mass is 716 g/mol. The van der Waals surface area contributed by atoms with Crippen LogP contribution in [0.5, 0.6) is 5.75 Å². The summed E-state index contributed by atoms with van der Waals surface area (Å²) in [5.74, 6) is -5.08. The van der Waals surface area contributed by atoms with E-state index in [9.17, 15) is 30.7 Å². The number of nitrogens with two attached hydrogens (primary N) is 1. The van der Waals surface area contributed by atoms with E-state index in [0.29, 0.717) is 29.1 Å². The topological polar surface area (TPSA) is 185 Å². The molecule has 0 bridgehead atoms. The fourth-order valence-corrected chi connectivity index (χ4v) is 4.04. The highest BCUT2D eigenvalue weighted by molar-refractivity contribution is 6.00. The molecule has 0 amide bonds. The first-order valence-electron chi connectivity index (χ1n) is 14.3. The number of likely N-dealkylation sites (N-methyl/N-ethyl adjacent to an activating group) is 1. The quantitative estimate of drug-likeness (QED) is 0.115. The molecule has 0 fully saturated rings. The third-order valence-corrected chi connectivity index (χ3v) is 6.37. The van der Waals surface area contributed by atoms with Gasteiger partial charge in [-0.25, -0.2) is 18.7 Å². The lowest BCUT2D eigenvalue weighted by atomic mass is 10.1. The number of fused-ring (bicyclic) bond motifs is 2. The van der Waals surface area contributed by atoms with Crippen molar-refractivity contribution in [1.29, 1.82) is 0 Å². The number of nitrogens with one attached hydrogen (secondary N) is 2. The third kappa shape index (κ3) is 10.2. The zero-order valence-corrected chi connectivity index (χ0v) is 26.7. The number of halogens is 7. The van der Waals surface area contributed by atoms with E-state index in [1.165, 1.54) is 6.07 Å². The maximum Gasteiger partial charge on any atom is 0.490 e. The molecule has 0 radical (unpaired) electrons. The maximum absolute atomic E-state index is 14.8. The van der Waals surface area contributed by atoms with Gasteiger partial charge in [-0.15, -0.1) is 0 Å². The summed E-state index contributed by atoms with van der Waals surface area (Å²) in [4.78, 5) is 32.1. The van der Waals surface area contributed by atoms with Crippen LogP contribution in [0.3, 0.4) is 0 Å². The second-order valence-electron chi connectivity index (χ2n) is 10.8. The van der Waals surface area contributed by atoms with E-state index in [1.807, 2.05) is 61.9 Å². The van der Waals surface area contributed by atoms with Gasteiger partial charge in [0.2, 0.25) is 5.95 Å². The Balaban J connectivity index is 0.000000408. The van der Waals surface area contributed by atoms with Crippen LogP contribution in [0.1, 0.15) is 19.9 Å². The smallest absolute Gasteiger partial charge is 0.490 e. The zero-order valence-electron chi connectivity index (χ0n) is 26.7. The van der Waals surface area contributed by atoms with Crippen molar-refractivity contribution in [3.8, 4) is 17.0 Å². The molecular weight excluding hydrogens is 685 g/mol. The number of H-pyrrole nitrogens is 1. The number of nitrogens with zero attached hydrogens (tertiary/aromatic N) is 5. The van der Waals surface area contributed by atoms with E-state index >= 15 is 0 Å². The highest BCUT2D eigenvalue weighted by Gasteiger charge is 2.38. The predicted octanol–water partition coefficient (Wildman–Crippen LogP) is 6.23. The maximum atomic E-state index is 14.8. The van der Waals surface area contributed by atoms with Crippen molar-refractivity contribution in [2.75, 3.05) is 38.3 Å². The summed E-state index contributed by atoms with van der Waals surface area (Å²) in [7, 11) is 3.91. The molecule has 0 saturated heterocycles. The number of hydrogen-bond acceptors (Lipinski definition) is 9. The normalized spacial score (nSPS) is 11.6. The van der Waals surface area contributed by atoms with Crippen molar-refractivity contribution in [3.05, 3.63) is 54.5 Å². The number of anilines is 3. The van der Waals surface area contributed by atoms with Crippen LogP contribution in [0.25, 0.3) is 33.2 Å². The van der Waals surface area contributed by atoms with Crippen LogP contribution >= 0.6 is 0 Å². The lowest BCUT2D eigenvalue weighted by Gasteiger charge is -2.13. The number of carboxylic acid groups (broad SMARTS) is 2. The molecule has 0 aliphatic heterocycles. The SMILES string of the molecule is CC(C)n1nc(-c2ccc3[nH]ccc3c2)c2c(N)nc(Nc3ccc(OCCN(C)C)cc3F)nc21.O=C(O)C(F)(F)F.O=C(O)C(F)(F)F. The minimum atomic E-state index is -5.08. The largest absolute Gasteiger partial charge is 0.492 e. The standard InChI is InChI=1S/C26H29FN8O.2C2HF3O2/c1-15(2)35-25-22(23(33-35)17-5-7-20-16(13-17)9-10-29-20)24(28)31-26(32-25)30-21-8-6-18(14-19(21)27)36-12-11-34(3)4;2*3-2(4,5)1(6)7/h5-10,13-15,29H,11-12H2,1-4H3,(H3,28,30,31,32);2*(H,6,7). The average Bonchev–Trinajstić information content (AvgIpc) is 3.63. The molecule has 5 rings (SSSR count). The van der Waals surface area contributed by atoms with Gasteiger partial charge in [0.1, 0.15) is 29.7 Å². The molecule has 5 aromatic rings. The number of hydrogen-bond donors (Lipinski definition) is 5. The number of rotatable bonds is 8. The molecule has 13 nitrogen and oxygen atoms in total. The van der Waals surface area contributed by atoms with Crippen molar-refractivity contribution in [1.82, 2.24) is 29.6 Å². The predicted molar refractivity (Wildman–Crippen MR) is 169 cm³/mol. The van der Waals surface area contributed by atoms with E-state index in [-0.39, 0.29) is 23.5 Å². The van der Waals surface area contributed by atoms with Crippen LogP contribution < -0.4 is 15.8 Å². The van der Waals surface area contributed by atoms with Gasteiger partial charge in [-0.2, -0.15) is 41.4 Å². The van der Waals surface area contributed by atoms with Gasteiger partial charge in [0.15, 0.2) is 5.65 Å². The van der Waals surface area contributed by atoms with Gasteiger partial charge in [0.05, 0.1) is 11.1 Å². The number of ether oxygens (including phenoxy) is 1. The molecule has 0 aliphatic carbocycles. The number of nitrogen functional groups attached to an aromatic ring is 1. The van der Waals surface area contributed by atoms with Crippen LogP contribution in [0, 0.1) is 5.82 Å². The molecule has 50 heavy (non-hydrogen) atoms. The molecule has 0 atom stereocenters. The van der Waals surface area contributed by atoms with Crippen LogP contribution in [-0.4, -0.2) is 91.4 Å². The molecule has 0 aliphatic rings. The van der Waals surface area contributed by atoms with Gasteiger partial charge in [-0.1, -0.05) is 6.07 Å². The van der Waals surface area contributed by atoms with Gasteiger partial charge < -0.3 is 35.9 Å². The van der Waals surface area contributed by atoms with Crippen LogP contribution in [0.15, 0.2) is 48.7 Å². The van der Waals surface area contributed by atoms with Gasteiger partial charge in [0.25, 0.3) is 0 Å². The number of alkyl halides is 6. The molecule has 3 aromatic heterocycles. The molecule has 0 spiro atoms.